The summed E-state index contributed by atoms with van der Waals surface area (Å²) in [7, 11) is 0. The van der Waals surface area contributed by atoms with Crippen molar-refractivity contribution >= 4 is 10.9 Å². The number of fused-ring (bicyclic) bond motifs is 1. The molecule has 0 radical (unpaired) electrons. The van der Waals surface area contributed by atoms with E-state index in [1.54, 1.807) is 6.07 Å². The Labute approximate surface area is 119 Å². The Bertz CT molecular complexity index is 646. The molecule has 5 N–H and O–H groups in total. The van der Waals surface area contributed by atoms with Crippen molar-refractivity contribution in [1.29, 1.82) is 0 Å². The van der Waals surface area contributed by atoms with Crippen LogP contribution in [0.15, 0.2) is 42.0 Å². The minimum atomic E-state index is -1.57. The average Bonchev–Trinajstić information content (AvgIpc) is 2.90. The van der Waals surface area contributed by atoms with Crippen LogP contribution in [-0.4, -0.2) is 50.3 Å². The van der Waals surface area contributed by atoms with E-state index in [1.807, 2.05) is 24.3 Å². The van der Waals surface area contributed by atoms with E-state index in [9.17, 15) is 15.3 Å². The SMILES string of the molecule is OC[C@H]1OC(Oc2cc3ccccc3[nH]2)=C(O)[C@@H](O)[C@H]1O. The molecular formula is C14H15NO6. The maximum absolute atomic E-state index is 9.78. The number of para-hydroxylation sites is 1. The fraction of sp³-hybridized carbons (Fsp3) is 0.286. The number of hydrogen-bond acceptors (Lipinski definition) is 6. The van der Waals surface area contributed by atoms with Crippen LogP contribution in [-0.2, 0) is 4.74 Å². The Morgan fingerprint density at radius 1 is 1.24 bits per heavy atom. The second-order valence-corrected chi connectivity index (χ2v) is 4.77. The summed E-state index contributed by atoms with van der Waals surface area (Å²) in [6.45, 7) is -0.523. The largest absolute Gasteiger partial charge is 0.504 e. The van der Waals surface area contributed by atoms with Crippen molar-refractivity contribution in [1.82, 2.24) is 4.98 Å². The van der Waals surface area contributed by atoms with Gasteiger partial charge in [0, 0.05) is 17.0 Å². The zero-order valence-corrected chi connectivity index (χ0v) is 10.9. The molecule has 3 rings (SSSR count). The van der Waals surface area contributed by atoms with Gasteiger partial charge in [-0.25, -0.2) is 0 Å². The van der Waals surface area contributed by atoms with Gasteiger partial charge in [0.05, 0.1) is 6.61 Å². The smallest absolute Gasteiger partial charge is 0.328 e. The van der Waals surface area contributed by atoms with Crippen molar-refractivity contribution in [3.05, 3.63) is 42.0 Å². The summed E-state index contributed by atoms with van der Waals surface area (Å²) in [5.74, 6) is -0.665. The van der Waals surface area contributed by atoms with Crippen LogP contribution in [0.4, 0.5) is 0 Å². The molecule has 0 aliphatic carbocycles. The topological polar surface area (TPSA) is 115 Å². The van der Waals surface area contributed by atoms with Crippen LogP contribution in [0.1, 0.15) is 0 Å². The van der Waals surface area contributed by atoms with Crippen LogP contribution in [0.25, 0.3) is 10.9 Å². The molecule has 112 valence electrons. The summed E-state index contributed by atoms with van der Waals surface area (Å²) in [6.07, 6.45) is -4.07. The van der Waals surface area contributed by atoms with Crippen LogP contribution < -0.4 is 4.74 Å². The van der Waals surface area contributed by atoms with Crippen molar-refractivity contribution in [3.63, 3.8) is 0 Å². The maximum Gasteiger partial charge on any atom is 0.328 e. The Morgan fingerprint density at radius 2 is 2.00 bits per heavy atom. The third-order valence-electron chi connectivity index (χ3n) is 3.34. The van der Waals surface area contributed by atoms with E-state index >= 15 is 0 Å². The Kier molecular flexibility index (Phi) is 3.46. The highest BCUT2D eigenvalue weighted by atomic mass is 16.7. The third-order valence-corrected chi connectivity index (χ3v) is 3.34. The van der Waals surface area contributed by atoms with Crippen molar-refractivity contribution in [2.45, 2.75) is 18.3 Å². The van der Waals surface area contributed by atoms with Crippen molar-refractivity contribution in [3.8, 4) is 5.88 Å². The Morgan fingerprint density at radius 3 is 2.71 bits per heavy atom. The predicted octanol–water partition coefficient (Wildman–Crippen LogP) is 0.387. The van der Waals surface area contributed by atoms with Crippen LogP contribution in [0, 0.1) is 0 Å². The van der Waals surface area contributed by atoms with Gasteiger partial charge in [-0.3, -0.25) is 0 Å². The zero-order chi connectivity index (χ0) is 15.0. The molecule has 0 unspecified atom stereocenters. The van der Waals surface area contributed by atoms with E-state index in [1.165, 1.54) is 0 Å². The fourth-order valence-corrected chi connectivity index (χ4v) is 2.18. The molecule has 3 atom stereocenters. The predicted molar refractivity (Wildman–Crippen MR) is 72.6 cm³/mol. The molecule has 0 amide bonds. The van der Waals surface area contributed by atoms with Crippen molar-refractivity contribution in [2.75, 3.05) is 6.61 Å². The highest BCUT2D eigenvalue weighted by molar-refractivity contribution is 5.81. The van der Waals surface area contributed by atoms with Crippen LogP contribution >= 0.6 is 0 Å². The quantitative estimate of drug-likeness (QED) is 0.559. The number of aromatic nitrogens is 1. The molecule has 2 aromatic rings. The lowest BCUT2D eigenvalue weighted by Crippen LogP contribution is -2.47. The molecule has 7 heteroatoms. The number of H-pyrrole nitrogens is 1. The van der Waals surface area contributed by atoms with Crippen LogP contribution in [0.5, 0.6) is 5.88 Å². The molecule has 21 heavy (non-hydrogen) atoms. The average molecular weight is 293 g/mol. The van der Waals surface area contributed by atoms with Gasteiger partial charge in [0.1, 0.15) is 12.2 Å². The maximum atomic E-state index is 9.78. The number of aliphatic hydroxyl groups excluding tert-OH is 4. The van der Waals surface area contributed by atoms with E-state index in [-0.39, 0.29) is 5.95 Å². The first-order chi connectivity index (χ1) is 10.1. The molecule has 1 aromatic carbocycles. The Balaban J connectivity index is 1.89. The lowest BCUT2D eigenvalue weighted by Gasteiger charge is -2.31. The van der Waals surface area contributed by atoms with Gasteiger partial charge < -0.3 is 34.9 Å². The second-order valence-electron chi connectivity index (χ2n) is 4.77. The zero-order valence-electron chi connectivity index (χ0n) is 10.9. The molecule has 0 fully saturated rings. The Hall–Kier alpha value is -2.22. The van der Waals surface area contributed by atoms with E-state index in [4.69, 9.17) is 14.6 Å². The number of hydrogen-bond donors (Lipinski definition) is 5. The monoisotopic (exact) mass is 293 g/mol. The van der Waals surface area contributed by atoms with Gasteiger partial charge in [-0.15, -0.1) is 0 Å². The summed E-state index contributed by atoms with van der Waals surface area (Å²) < 4.78 is 10.5. The first-order valence-electron chi connectivity index (χ1n) is 6.42. The molecule has 0 bridgehead atoms. The molecule has 0 saturated carbocycles. The first kappa shape index (κ1) is 13.7. The van der Waals surface area contributed by atoms with Gasteiger partial charge in [0.2, 0.25) is 11.6 Å². The number of ether oxygens (including phenoxy) is 2. The number of aliphatic hydroxyl groups is 4. The van der Waals surface area contributed by atoms with E-state index in [0.29, 0.717) is 5.88 Å². The van der Waals surface area contributed by atoms with E-state index < -0.39 is 30.7 Å². The molecule has 2 heterocycles. The third kappa shape index (κ3) is 2.42. The minimum Gasteiger partial charge on any atom is -0.504 e. The van der Waals surface area contributed by atoms with Crippen LogP contribution in [0.2, 0.25) is 0 Å². The number of benzene rings is 1. The van der Waals surface area contributed by atoms with Crippen molar-refractivity contribution in [2.24, 2.45) is 0 Å². The second kappa shape index (κ2) is 5.28. The van der Waals surface area contributed by atoms with Gasteiger partial charge in [-0.2, -0.15) is 0 Å². The number of aromatic amines is 1. The van der Waals surface area contributed by atoms with E-state index in [2.05, 4.69) is 4.98 Å². The standard InChI is InChI=1S/C14H15NO6/c16-6-9-11(17)12(18)13(19)14(20-9)21-10-5-7-3-1-2-4-8(7)15-10/h1-5,9,11-12,15-19H,6H2/t9-,11+,12+/m1/s1. The van der Waals surface area contributed by atoms with Gasteiger partial charge in [0.15, 0.2) is 6.10 Å². The summed E-state index contributed by atoms with van der Waals surface area (Å²) in [4.78, 5) is 2.97. The van der Waals surface area contributed by atoms with Gasteiger partial charge >= 0.3 is 5.95 Å². The molecule has 0 saturated heterocycles. The summed E-state index contributed by atoms with van der Waals surface area (Å²) >= 11 is 0. The lowest BCUT2D eigenvalue weighted by molar-refractivity contribution is -0.134. The molecule has 7 nitrogen and oxygen atoms in total. The molecular weight excluding hydrogens is 278 g/mol. The number of rotatable bonds is 3. The summed E-state index contributed by atoms with van der Waals surface area (Å²) in [5, 5.41) is 39.1. The fourth-order valence-electron chi connectivity index (χ4n) is 2.18. The van der Waals surface area contributed by atoms with E-state index in [0.717, 1.165) is 10.9 Å². The normalized spacial score (nSPS) is 26.0. The van der Waals surface area contributed by atoms with Gasteiger partial charge in [-0.05, 0) is 6.07 Å². The van der Waals surface area contributed by atoms with Crippen LogP contribution in [0.3, 0.4) is 0 Å². The molecule has 1 aromatic heterocycles. The van der Waals surface area contributed by atoms with Crippen molar-refractivity contribution < 1.29 is 29.9 Å². The lowest BCUT2D eigenvalue weighted by atomic mass is 10.1. The number of nitrogens with one attached hydrogen (secondary N) is 1. The minimum absolute atomic E-state index is 0.304. The van der Waals surface area contributed by atoms with Gasteiger partial charge in [0.25, 0.3) is 0 Å². The van der Waals surface area contributed by atoms with Gasteiger partial charge in [-0.1, -0.05) is 18.2 Å². The highest BCUT2D eigenvalue weighted by Crippen LogP contribution is 2.27. The molecule has 0 spiro atoms. The summed E-state index contributed by atoms with van der Waals surface area (Å²) in [6, 6.07) is 9.16. The summed E-state index contributed by atoms with van der Waals surface area (Å²) in [5.41, 5.74) is 0.836. The molecule has 1 aliphatic rings. The molecule has 1 aliphatic heterocycles. The first-order valence-corrected chi connectivity index (χ1v) is 6.42. The highest BCUT2D eigenvalue weighted by Gasteiger charge is 2.39.